The van der Waals surface area contributed by atoms with E-state index < -0.39 is 30.7 Å². The molecule has 0 spiro atoms. The first-order chi connectivity index (χ1) is 16.2. The molecule has 1 saturated heterocycles. The van der Waals surface area contributed by atoms with E-state index >= 15 is 0 Å². The fourth-order valence-corrected chi connectivity index (χ4v) is 3.82. The summed E-state index contributed by atoms with van der Waals surface area (Å²) in [5.41, 5.74) is 3.02. The van der Waals surface area contributed by atoms with Crippen molar-refractivity contribution in [1.29, 1.82) is 0 Å². The van der Waals surface area contributed by atoms with E-state index in [0.717, 1.165) is 16.7 Å². The highest BCUT2D eigenvalue weighted by Gasteiger charge is 2.48. The van der Waals surface area contributed by atoms with E-state index in [-0.39, 0.29) is 13.2 Å². The lowest BCUT2D eigenvalue weighted by molar-refractivity contribution is -0.170. The average molecular weight is 451 g/mol. The molecule has 2 N–H and O–H groups in total. The Kier molecular flexibility index (Phi) is 8.60. The topological polar surface area (TPSA) is 77.4 Å². The van der Waals surface area contributed by atoms with E-state index in [4.69, 9.17) is 18.9 Å². The van der Waals surface area contributed by atoms with Crippen LogP contribution in [0, 0.1) is 0 Å². The van der Waals surface area contributed by atoms with Crippen molar-refractivity contribution in [2.45, 2.75) is 50.5 Å². The Bertz CT molecular complexity index is 937. The molecular weight excluding hydrogens is 420 g/mol. The largest absolute Gasteiger partial charge is 0.385 e. The molecule has 1 aliphatic rings. The molecule has 0 radical (unpaired) electrons. The molecule has 1 fully saturated rings. The molecular formula is C27H30O6. The molecule has 174 valence electrons. The van der Waals surface area contributed by atoms with Gasteiger partial charge in [0.2, 0.25) is 0 Å². The maximum atomic E-state index is 10.5. The number of benzene rings is 3. The van der Waals surface area contributed by atoms with Crippen molar-refractivity contribution in [3.05, 3.63) is 108 Å². The van der Waals surface area contributed by atoms with Gasteiger partial charge in [-0.2, -0.15) is 0 Å². The molecule has 1 heterocycles. The van der Waals surface area contributed by atoms with E-state index in [2.05, 4.69) is 0 Å². The summed E-state index contributed by atoms with van der Waals surface area (Å²) in [4.78, 5) is 0. The summed E-state index contributed by atoms with van der Waals surface area (Å²) in [5.74, 6) is 0. The molecule has 5 atom stereocenters. The first-order valence-electron chi connectivity index (χ1n) is 11.1. The van der Waals surface area contributed by atoms with Gasteiger partial charge >= 0.3 is 0 Å². The van der Waals surface area contributed by atoms with Crippen LogP contribution in [0.2, 0.25) is 0 Å². The number of aliphatic hydroxyl groups excluding tert-OH is 2. The summed E-state index contributed by atoms with van der Waals surface area (Å²) < 4.78 is 23.8. The van der Waals surface area contributed by atoms with Gasteiger partial charge in [0, 0.05) is 0 Å². The van der Waals surface area contributed by atoms with Gasteiger partial charge in [0.1, 0.15) is 24.4 Å². The van der Waals surface area contributed by atoms with Crippen LogP contribution in [0.25, 0.3) is 0 Å². The maximum absolute atomic E-state index is 10.5. The minimum atomic E-state index is -1.35. The van der Waals surface area contributed by atoms with Gasteiger partial charge in [-0.25, -0.2) is 0 Å². The Morgan fingerprint density at radius 3 is 1.79 bits per heavy atom. The predicted molar refractivity (Wildman–Crippen MR) is 123 cm³/mol. The second kappa shape index (κ2) is 12.0. The number of hydrogen-bond donors (Lipinski definition) is 2. The summed E-state index contributed by atoms with van der Waals surface area (Å²) >= 11 is 0. The van der Waals surface area contributed by atoms with Crippen LogP contribution in [-0.2, 0) is 38.8 Å². The van der Waals surface area contributed by atoms with Crippen LogP contribution in [0.15, 0.2) is 91.0 Å². The number of ether oxygens (including phenoxy) is 4. The van der Waals surface area contributed by atoms with E-state index in [1.807, 2.05) is 91.0 Å². The molecule has 1 aliphatic heterocycles. The third-order valence-electron chi connectivity index (χ3n) is 5.60. The van der Waals surface area contributed by atoms with Crippen molar-refractivity contribution in [3.63, 3.8) is 0 Å². The lowest BCUT2D eigenvalue weighted by atomic mass is 10.1. The lowest BCUT2D eigenvalue weighted by Crippen LogP contribution is -2.44. The smallest absolute Gasteiger partial charge is 0.184 e. The summed E-state index contributed by atoms with van der Waals surface area (Å²) in [6.45, 7) is 1.26. The fourth-order valence-electron chi connectivity index (χ4n) is 3.82. The summed E-state index contributed by atoms with van der Waals surface area (Å²) in [5, 5.41) is 20.8. The Balaban J connectivity index is 1.44. The van der Waals surface area contributed by atoms with Gasteiger partial charge in [-0.3, -0.25) is 0 Å². The van der Waals surface area contributed by atoms with Crippen molar-refractivity contribution in [2.24, 2.45) is 0 Å². The Hall–Kier alpha value is -2.58. The van der Waals surface area contributed by atoms with Gasteiger partial charge in [-0.05, 0) is 16.7 Å². The monoisotopic (exact) mass is 450 g/mol. The highest BCUT2D eigenvalue weighted by Crippen LogP contribution is 2.28. The molecule has 0 amide bonds. The predicted octanol–water partition coefficient (Wildman–Crippen LogP) is 3.45. The number of aliphatic hydroxyl groups is 2. The highest BCUT2D eigenvalue weighted by atomic mass is 16.7. The molecule has 3 aromatic rings. The molecule has 3 aromatic carbocycles. The standard InChI is InChI=1S/C27H30O6/c28-24-26(32-18-22-14-8-3-9-15-22)25(33-27(24)29)23(31-17-21-12-6-2-7-13-21)19-30-16-20-10-4-1-5-11-20/h1-15,23-29H,16-19H2/t23-,24-,25-,26-,27-/m1/s1. The second-order valence-electron chi connectivity index (χ2n) is 8.08. The summed E-state index contributed by atoms with van der Waals surface area (Å²) in [6, 6.07) is 29.3. The normalized spacial score (nSPS) is 23.5. The van der Waals surface area contributed by atoms with Crippen molar-refractivity contribution >= 4 is 0 Å². The molecule has 0 saturated carbocycles. The van der Waals surface area contributed by atoms with Gasteiger partial charge in [-0.1, -0.05) is 91.0 Å². The Labute approximate surface area is 194 Å². The first-order valence-corrected chi connectivity index (χ1v) is 11.1. The van der Waals surface area contributed by atoms with Crippen LogP contribution >= 0.6 is 0 Å². The molecule has 0 bridgehead atoms. The van der Waals surface area contributed by atoms with Crippen LogP contribution in [0.5, 0.6) is 0 Å². The lowest BCUT2D eigenvalue weighted by Gasteiger charge is -2.28. The minimum absolute atomic E-state index is 0.219. The number of hydrogen-bond acceptors (Lipinski definition) is 6. The zero-order valence-corrected chi connectivity index (χ0v) is 18.4. The third kappa shape index (κ3) is 6.71. The molecule has 33 heavy (non-hydrogen) atoms. The van der Waals surface area contributed by atoms with E-state index in [0.29, 0.717) is 13.2 Å². The van der Waals surface area contributed by atoms with Crippen molar-refractivity contribution < 1.29 is 29.2 Å². The Morgan fingerprint density at radius 2 is 1.21 bits per heavy atom. The molecule has 6 nitrogen and oxygen atoms in total. The van der Waals surface area contributed by atoms with Gasteiger partial charge in [0.25, 0.3) is 0 Å². The minimum Gasteiger partial charge on any atom is -0.385 e. The number of rotatable bonds is 11. The first kappa shape index (κ1) is 23.6. The van der Waals surface area contributed by atoms with Crippen LogP contribution in [0.3, 0.4) is 0 Å². The van der Waals surface area contributed by atoms with E-state index in [1.54, 1.807) is 0 Å². The van der Waals surface area contributed by atoms with Gasteiger partial charge < -0.3 is 29.2 Å². The van der Waals surface area contributed by atoms with E-state index in [9.17, 15) is 10.2 Å². The molecule has 0 unspecified atom stereocenters. The molecule has 0 aromatic heterocycles. The zero-order chi connectivity index (χ0) is 22.9. The van der Waals surface area contributed by atoms with Crippen molar-refractivity contribution in [2.75, 3.05) is 6.61 Å². The summed E-state index contributed by atoms with van der Waals surface area (Å²) in [6.07, 6.45) is -4.55. The molecule has 0 aliphatic carbocycles. The summed E-state index contributed by atoms with van der Waals surface area (Å²) in [7, 11) is 0. The van der Waals surface area contributed by atoms with Crippen LogP contribution in [0.1, 0.15) is 16.7 Å². The van der Waals surface area contributed by atoms with Gasteiger partial charge in [0.15, 0.2) is 6.29 Å². The molecule has 6 heteroatoms. The Morgan fingerprint density at radius 1 is 0.697 bits per heavy atom. The van der Waals surface area contributed by atoms with Crippen molar-refractivity contribution in [1.82, 2.24) is 0 Å². The molecule has 4 rings (SSSR count). The average Bonchev–Trinajstić information content (AvgIpc) is 3.15. The highest BCUT2D eigenvalue weighted by molar-refractivity contribution is 5.15. The van der Waals surface area contributed by atoms with Crippen molar-refractivity contribution in [3.8, 4) is 0 Å². The van der Waals surface area contributed by atoms with Crippen LogP contribution in [-0.4, -0.2) is 47.5 Å². The quantitative estimate of drug-likeness (QED) is 0.466. The SMILES string of the molecule is O[C@@H]1[C@@H](OCc2ccccc2)[C@@H]([C@@H](COCc2ccccc2)OCc2ccccc2)O[C@H]1O. The fraction of sp³-hybridized carbons (Fsp3) is 0.333. The van der Waals surface area contributed by atoms with Gasteiger partial charge in [0.05, 0.1) is 26.4 Å². The van der Waals surface area contributed by atoms with E-state index in [1.165, 1.54) is 0 Å². The third-order valence-corrected chi connectivity index (χ3v) is 5.60. The van der Waals surface area contributed by atoms with Gasteiger partial charge in [-0.15, -0.1) is 0 Å². The maximum Gasteiger partial charge on any atom is 0.184 e. The zero-order valence-electron chi connectivity index (χ0n) is 18.4. The van der Waals surface area contributed by atoms with Crippen LogP contribution in [0.4, 0.5) is 0 Å². The van der Waals surface area contributed by atoms with Crippen LogP contribution < -0.4 is 0 Å². The second-order valence-corrected chi connectivity index (χ2v) is 8.08.